The third kappa shape index (κ3) is 4.26. The van der Waals surface area contributed by atoms with E-state index in [2.05, 4.69) is 17.1 Å². The molecule has 1 saturated carbocycles. The predicted molar refractivity (Wildman–Crippen MR) is 74.4 cm³/mol. The highest BCUT2D eigenvalue weighted by atomic mass is 15.2. The van der Waals surface area contributed by atoms with Crippen LogP contribution in [0.5, 0.6) is 0 Å². The van der Waals surface area contributed by atoms with E-state index >= 15 is 0 Å². The molecule has 1 N–H and O–H groups in total. The Morgan fingerprint density at radius 1 is 0.941 bits per heavy atom. The lowest BCUT2D eigenvalue weighted by atomic mass is 9.90. The fourth-order valence-electron chi connectivity index (χ4n) is 3.45. The number of hydrogen-bond donors (Lipinski definition) is 1. The summed E-state index contributed by atoms with van der Waals surface area (Å²) < 4.78 is 0. The Kier molecular flexibility index (Phi) is 5.79. The van der Waals surface area contributed by atoms with Crippen molar-refractivity contribution in [3.63, 3.8) is 0 Å². The van der Waals surface area contributed by atoms with Crippen molar-refractivity contribution in [3.05, 3.63) is 0 Å². The molecule has 1 heterocycles. The molecule has 0 aromatic heterocycles. The van der Waals surface area contributed by atoms with E-state index in [4.69, 9.17) is 0 Å². The second-order valence-electron chi connectivity index (χ2n) is 5.91. The lowest BCUT2D eigenvalue weighted by Gasteiger charge is -2.36. The molecule has 1 saturated heterocycles. The lowest BCUT2D eigenvalue weighted by Crippen LogP contribution is -2.43. The van der Waals surface area contributed by atoms with Crippen LogP contribution in [0.25, 0.3) is 0 Å². The average molecular weight is 238 g/mol. The van der Waals surface area contributed by atoms with Crippen molar-refractivity contribution in [2.45, 2.75) is 76.8 Å². The van der Waals surface area contributed by atoms with Crippen LogP contribution in [0.15, 0.2) is 0 Å². The Balaban J connectivity index is 1.70. The van der Waals surface area contributed by atoms with Crippen molar-refractivity contribution < 1.29 is 0 Å². The second-order valence-corrected chi connectivity index (χ2v) is 5.91. The summed E-state index contributed by atoms with van der Waals surface area (Å²) in [5.41, 5.74) is 0. The van der Waals surface area contributed by atoms with Crippen LogP contribution in [0.1, 0.15) is 64.7 Å². The van der Waals surface area contributed by atoms with Crippen molar-refractivity contribution >= 4 is 0 Å². The van der Waals surface area contributed by atoms with E-state index in [1.165, 1.54) is 77.4 Å². The average Bonchev–Trinajstić information content (AvgIpc) is 2.66. The second kappa shape index (κ2) is 7.38. The van der Waals surface area contributed by atoms with Crippen molar-refractivity contribution in [2.75, 3.05) is 19.6 Å². The van der Waals surface area contributed by atoms with Gasteiger partial charge in [0.15, 0.2) is 0 Å². The predicted octanol–water partition coefficient (Wildman–Crippen LogP) is 3.17. The topological polar surface area (TPSA) is 15.3 Å². The first-order chi connectivity index (χ1) is 8.40. The zero-order valence-corrected chi connectivity index (χ0v) is 11.6. The summed E-state index contributed by atoms with van der Waals surface area (Å²) in [5, 5.41) is 3.69. The van der Waals surface area contributed by atoms with Gasteiger partial charge >= 0.3 is 0 Å². The van der Waals surface area contributed by atoms with Gasteiger partial charge < -0.3 is 10.2 Å². The van der Waals surface area contributed by atoms with Gasteiger partial charge in [-0.2, -0.15) is 0 Å². The Morgan fingerprint density at radius 3 is 2.18 bits per heavy atom. The van der Waals surface area contributed by atoms with Gasteiger partial charge in [0, 0.05) is 12.1 Å². The largest absolute Gasteiger partial charge is 0.314 e. The third-order valence-corrected chi connectivity index (χ3v) is 4.54. The molecule has 0 atom stereocenters. The monoisotopic (exact) mass is 238 g/mol. The molecular formula is C15H30N2. The standard InChI is InChI=1S/C15H30N2/c1-2-11-16-14-7-9-15(10-8-14)17-12-5-3-4-6-13-17/h14-16H,2-13H2,1H3. The molecule has 2 heteroatoms. The highest BCUT2D eigenvalue weighted by molar-refractivity contribution is 4.83. The molecule has 0 aromatic carbocycles. The van der Waals surface area contributed by atoms with E-state index in [1.807, 2.05) is 0 Å². The number of nitrogens with zero attached hydrogens (tertiary/aromatic N) is 1. The Morgan fingerprint density at radius 2 is 1.59 bits per heavy atom. The van der Waals surface area contributed by atoms with Crippen molar-refractivity contribution in [2.24, 2.45) is 0 Å². The smallest absolute Gasteiger partial charge is 0.00964 e. The van der Waals surface area contributed by atoms with Crippen LogP contribution in [0.2, 0.25) is 0 Å². The Labute approximate surface area is 107 Å². The fourth-order valence-corrected chi connectivity index (χ4v) is 3.45. The first-order valence-electron chi connectivity index (χ1n) is 7.87. The third-order valence-electron chi connectivity index (χ3n) is 4.54. The van der Waals surface area contributed by atoms with Crippen LogP contribution in [0.4, 0.5) is 0 Å². The van der Waals surface area contributed by atoms with Gasteiger partial charge in [-0.1, -0.05) is 19.8 Å². The molecule has 1 aliphatic carbocycles. The lowest BCUT2D eigenvalue weighted by molar-refractivity contribution is 0.148. The summed E-state index contributed by atoms with van der Waals surface area (Å²) in [4.78, 5) is 2.79. The van der Waals surface area contributed by atoms with Gasteiger partial charge in [-0.25, -0.2) is 0 Å². The van der Waals surface area contributed by atoms with E-state index in [0.29, 0.717) is 0 Å². The Bertz CT molecular complexity index is 189. The molecule has 100 valence electrons. The zero-order valence-electron chi connectivity index (χ0n) is 11.6. The fraction of sp³-hybridized carbons (Fsp3) is 1.00. The molecule has 2 aliphatic rings. The van der Waals surface area contributed by atoms with Gasteiger partial charge in [0.2, 0.25) is 0 Å². The van der Waals surface area contributed by atoms with Gasteiger partial charge in [0.25, 0.3) is 0 Å². The van der Waals surface area contributed by atoms with Crippen molar-refractivity contribution in [1.82, 2.24) is 10.2 Å². The van der Waals surface area contributed by atoms with Crippen molar-refractivity contribution in [1.29, 1.82) is 0 Å². The van der Waals surface area contributed by atoms with Crippen LogP contribution < -0.4 is 5.32 Å². The number of rotatable bonds is 4. The molecule has 0 spiro atoms. The molecule has 2 rings (SSSR count). The first-order valence-corrected chi connectivity index (χ1v) is 7.87. The van der Waals surface area contributed by atoms with Gasteiger partial charge in [-0.15, -0.1) is 0 Å². The maximum absolute atomic E-state index is 3.69. The quantitative estimate of drug-likeness (QED) is 0.809. The molecule has 0 aromatic rings. The summed E-state index contributed by atoms with van der Waals surface area (Å²) in [5.74, 6) is 0. The van der Waals surface area contributed by atoms with Crippen LogP contribution in [-0.4, -0.2) is 36.6 Å². The number of likely N-dealkylation sites (tertiary alicyclic amines) is 1. The van der Waals surface area contributed by atoms with E-state index in [9.17, 15) is 0 Å². The summed E-state index contributed by atoms with van der Waals surface area (Å²) in [6.07, 6.45) is 12.7. The molecule has 17 heavy (non-hydrogen) atoms. The first kappa shape index (κ1) is 13.4. The SMILES string of the molecule is CCCNC1CCC(N2CCCCCC2)CC1. The molecular weight excluding hydrogens is 208 g/mol. The van der Waals surface area contributed by atoms with Crippen LogP contribution in [-0.2, 0) is 0 Å². The maximum atomic E-state index is 3.69. The minimum Gasteiger partial charge on any atom is -0.314 e. The minimum atomic E-state index is 0.818. The number of hydrogen-bond acceptors (Lipinski definition) is 2. The molecule has 0 unspecified atom stereocenters. The van der Waals surface area contributed by atoms with E-state index in [-0.39, 0.29) is 0 Å². The van der Waals surface area contributed by atoms with Gasteiger partial charge in [0.05, 0.1) is 0 Å². The van der Waals surface area contributed by atoms with Gasteiger partial charge in [-0.05, 0) is 64.6 Å². The molecule has 0 amide bonds. The molecule has 2 fully saturated rings. The zero-order chi connectivity index (χ0) is 11.9. The van der Waals surface area contributed by atoms with Crippen LogP contribution in [0, 0.1) is 0 Å². The van der Waals surface area contributed by atoms with Crippen LogP contribution in [0.3, 0.4) is 0 Å². The van der Waals surface area contributed by atoms with E-state index in [1.54, 1.807) is 0 Å². The maximum Gasteiger partial charge on any atom is 0.00964 e. The summed E-state index contributed by atoms with van der Waals surface area (Å²) in [7, 11) is 0. The molecule has 0 bridgehead atoms. The van der Waals surface area contributed by atoms with E-state index < -0.39 is 0 Å². The number of nitrogens with one attached hydrogen (secondary N) is 1. The highest BCUT2D eigenvalue weighted by Gasteiger charge is 2.25. The normalized spacial score (nSPS) is 32.3. The summed E-state index contributed by atoms with van der Waals surface area (Å²) in [6, 6.07) is 1.73. The summed E-state index contributed by atoms with van der Waals surface area (Å²) >= 11 is 0. The van der Waals surface area contributed by atoms with Gasteiger partial charge in [-0.3, -0.25) is 0 Å². The highest BCUT2D eigenvalue weighted by Crippen LogP contribution is 2.25. The molecule has 2 nitrogen and oxygen atoms in total. The minimum absolute atomic E-state index is 0.818. The van der Waals surface area contributed by atoms with Gasteiger partial charge in [0.1, 0.15) is 0 Å². The Hall–Kier alpha value is -0.0800. The molecule has 0 radical (unpaired) electrons. The van der Waals surface area contributed by atoms with Crippen molar-refractivity contribution in [3.8, 4) is 0 Å². The van der Waals surface area contributed by atoms with Crippen LogP contribution >= 0.6 is 0 Å². The molecule has 1 aliphatic heterocycles. The summed E-state index contributed by atoms with van der Waals surface area (Å²) in [6.45, 7) is 6.21. The van der Waals surface area contributed by atoms with E-state index in [0.717, 1.165) is 12.1 Å².